The van der Waals surface area contributed by atoms with Crippen molar-refractivity contribution in [3.05, 3.63) is 84.1 Å². The maximum absolute atomic E-state index is 14.4. The van der Waals surface area contributed by atoms with E-state index in [1.165, 1.54) is 17.8 Å². The molecule has 11 nitrogen and oxygen atoms in total. The zero-order valence-electron chi connectivity index (χ0n) is 28.3. The second kappa shape index (κ2) is 16.1. The monoisotopic (exact) mass is 736 g/mol. The van der Waals surface area contributed by atoms with Crippen molar-refractivity contribution in [2.75, 3.05) is 37.9 Å². The molecule has 2 aliphatic rings. The number of thioether (sulfide) groups is 1. The molecule has 2 fully saturated rings. The van der Waals surface area contributed by atoms with Gasteiger partial charge in [-0.25, -0.2) is 28.8 Å². The number of halogens is 2. The maximum Gasteiger partial charge on any atom is 0.338 e. The van der Waals surface area contributed by atoms with E-state index in [9.17, 15) is 23.2 Å². The molecule has 5 amide bonds. The topological polar surface area (TPSA) is 125 Å². The third-order valence-electron chi connectivity index (χ3n) is 8.45. The number of nitrogens with one attached hydrogen (secondary N) is 3. The Labute approximate surface area is 302 Å². The number of likely N-dealkylation sites (tertiary alicyclic amines) is 1. The van der Waals surface area contributed by atoms with Crippen LogP contribution in [0.25, 0.3) is 10.9 Å². The Morgan fingerprint density at radius 3 is 2.45 bits per heavy atom. The number of anilines is 1. The van der Waals surface area contributed by atoms with Crippen LogP contribution in [0.15, 0.2) is 76.7 Å². The first-order valence-corrected chi connectivity index (χ1v) is 18.3. The van der Waals surface area contributed by atoms with Gasteiger partial charge in [0.2, 0.25) is 0 Å². The van der Waals surface area contributed by atoms with Crippen molar-refractivity contribution in [3.63, 3.8) is 0 Å². The molecule has 2 saturated heterocycles. The number of carbonyl (C=O) groups is 3. The van der Waals surface area contributed by atoms with E-state index in [0.29, 0.717) is 42.8 Å². The molecule has 3 aromatic carbocycles. The van der Waals surface area contributed by atoms with Gasteiger partial charge in [-0.2, -0.15) is 0 Å². The van der Waals surface area contributed by atoms with Crippen LogP contribution in [0, 0.1) is 17.6 Å². The summed E-state index contributed by atoms with van der Waals surface area (Å²) in [5.41, 5.74) is 3.35. The molecule has 268 valence electrons. The molecule has 0 bridgehead atoms. The van der Waals surface area contributed by atoms with Gasteiger partial charge in [0.1, 0.15) is 17.0 Å². The quantitative estimate of drug-likeness (QED) is 0.156. The lowest BCUT2D eigenvalue weighted by Crippen LogP contribution is -2.47. The standard InChI is InChI=1S/C36H38F2N6O5S2/c1-21(2)40-36(47)43-15-12-22(13-16-43)19-49-30-17-25-28(18-29(30)48-3)39-14-11-31(25)51-24-9-7-23(8-10-24)41-35(46)42-44-32(45)20-50-34(44)33-26(37)5-4-6-27(33)38/h4-11,14,17-18,21-22,34H,12-13,15-16,19-20H2,1-3H3,(H,40,47)(H2,41,42,46). The summed E-state index contributed by atoms with van der Waals surface area (Å²) in [7, 11) is 1.59. The van der Waals surface area contributed by atoms with Crippen molar-refractivity contribution in [3.8, 4) is 11.5 Å². The molecular formula is C36H38F2N6O5S2. The molecule has 0 saturated carbocycles. The Morgan fingerprint density at radius 2 is 1.76 bits per heavy atom. The number of hydrogen-bond donors (Lipinski definition) is 3. The minimum Gasteiger partial charge on any atom is -0.493 e. The first kappa shape index (κ1) is 36.0. The van der Waals surface area contributed by atoms with E-state index in [2.05, 4.69) is 21.0 Å². The lowest BCUT2D eigenvalue weighted by Gasteiger charge is -2.32. The number of hydrazine groups is 1. The maximum atomic E-state index is 14.4. The SMILES string of the molecule is COc1cc2nccc(Sc3ccc(NC(=O)NN4C(=O)CSC4c4c(F)cccc4F)cc3)c2cc1OCC1CCN(C(=O)NC(C)C)CC1. The summed E-state index contributed by atoms with van der Waals surface area (Å²) in [5.74, 6) is -0.606. The van der Waals surface area contributed by atoms with Gasteiger partial charge in [0.05, 0.1) is 30.5 Å². The van der Waals surface area contributed by atoms with Crippen LogP contribution in [-0.4, -0.2) is 71.5 Å². The highest BCUT2D eigenvalue weighted by Gasteiger charge is 2.37. The zero-order valence-corrected chi connectivity index (χ0v) is 29.9. The molecule has 1 aromatic heterocycles. The summed E-state index contributed by atoms with van der Waals surface area (Å²) in [6.07, 6.45) is 3.42. The second-order valence-electron chi connectivity index (χ2n) is 12.4. The number of urea groups is 2. The van der Waals surface area contributed by atoms with Crippen LogP contribution in [0.3, 0.4) is 0 Å². The third-order valence-corrected chi connectivity index (χ3v) is 10.7. The van der Waals surface area contributed by atoms with Gasteiger partial charge < -0.3 is 25.0 Å². The summed E-state index contributed by atoms with van der Waals surface area (Å²) in [5, 5.41) is 6.42. The van der Waals surface area contributed by atoms with Crippen LogP contribution in [-0.2, 0) is 4.79 Å². The number of piperidine rings is 1. The number of benzene rings is 3. The van der Waals surface area contributed by atoms with E-state index in [1.54, 1.807) is 25.4 Å². The molecule has 3 N–H and O–H groups in total. The number of hydrogen-bond acceptors (Lipinski definition) is 8. The number of ether oxygens (including phenoxy) is 2. The lowest BCUT2D eigenvalue weighted by molar-refractivity contribution is -0.130. The highest BCUT2D eigenvalue weighted by molar-refractivity contribution is 8.00. The van der Waals surface area contributed by atoms with Gasteiger partial charge in [0.25, 0.3) is 5.91 Å². The second-order valence-corrected chi connectivity index (χ2v) is 14.6. The van der Waals surface area contributed by atoms with Crippen molar-refractivity contribution in [2.24, 2.45) is 5.92 Å². The molecule has 1 unspecified atom stereocenters. The number of pyridine rings is 1. The summed E-state index contributed by atoms with van der Waals surface area (Å²) >= 11 is 2.54. The minimum absolute atomic E-state index is 0.0289. The van der Waals surface area contributed by atoms with Crippen LogP contribution in [0.2, 0.25) is 0 Å². The molecule has 1 atom stereocenters. The summed E-state index contributed by atoms with van der Waals surface area (Å²) in [6.45, 7) is 5.76. The van der Waals surface area contributed by atoms with Crippen LogP contribution < -0.4 is 25.5 Å². The van der Waals surface area contributed by atoms with E-state index in [1.807, 2.05) is 49.1 Å². The summed E-state index contributed by atoms with van der Waals surface area (Å²) in [4.78, 5) is 45.9. The number of amides is 5. The molecule has 2 aliphatic heterocycles. The van der Waals surface area contributed by atoms with Crippen molar-refractivity contribution in [1.82, 2.24) is 25.6 Å². The number of aromatic nitrogens is 1. The fraction of sp³-hybridized carbons (Fsp3) is 0.333. The van der Waals surface area contributed by atoms with Gasteiger partial charge in [0.15, 0.2) is 11.5 Å². The molecule has 0 aliphatic carbocycles. The number of methoxy groups -OCH3 is 1. The predicted molar refractivity (Wildman–Crippen MR) is 193 cm³/mol. The van der Waals surface area contributed by atoms with Gasteiger partial charge in [-0.15, -0.1) is 11.8 Å². The van der Waals surface area contributed by atoms with Crippen molar-refractivity contribution in [1.29, 1.82) is 0 Å². The Kier molecular flexibility index (Phi) is 11.4. The summed E-state index contributed by atoms with van der Waals surface area (Å²) in [6, 6.07) is 15.6. The van der Waals surface area contributed by atoms with E-state index >= 15 is 0 Å². The van der Waals surface area contributed by atoms with E-state index in [-0.39, 0.29) is 23.4 Å². The fourth-order valence-corrected chi connectivity index (χ4v) is 7.92. The normalized spacial score (nSPS) is 16.4. The average molecular weight is 737 g/mol. The van der Waals surface area contributed by atoms with Crippen molar-refractivity contribution in [2.45, 2.75) is 47.9 Å². The Balaban J connectivity index is 1.08. The number of carbonyl (C=O) groups excluding carboxylic acids is 3. The molecule has 0 spiro atoms. The molecular weight excluding hydrogens is 699 g/mol. The third kappa shape index (κ3) is 8.59. The highest BCUT2D eigenvalue weighted by Crippen LogP contribution is 2.41. The zero-order chi connectivity index (χ0) is 36.1. The highest BCUT2D eigenvalue weighted by atomic mass is 32.2. The molecule has 51 heavy (non-hydrogen) atoms. The molecule has 15 heteroatoms. The van der Waals surface area contributed by atoms with Gasteiger partial charge in [-0.05, 0) is 81.1 Å². The molecule has 3 heterocycles. The van der Waals surface area contributed by atoms with E-state index in [4.69, 9.17) is 9.47 Å². The fourth-order valence-electron chi connectivity index (χ4n) is 5.85. The van der Waals surface area contributed by atoms with Crippen LogP contribution >= 0.6 is 23.5 Å². The minimum atomic E-state index is -1.04. The molecule has 0 radical (unpaired) electrons. The number of nitrogens with zero attached hydrogens (tertiary/aromatic N) is 3. The Bertz CT molecular complexity index is 1890. The largest absolute Gasteiger partial charge is 0.493 e. The number of fused-ring (bicyclic) bond motifs is 1. The predicted octanol–water partition coefficient (Wildman–Crippen LogP) is 7.19. The van der Waals surface area contributed by atoms with Crippen LogP contribution in [0.5, 0.6) is 11.5 Å². The van der Waals surface area contributed by atoms with Crippen LogP contribution in [0.4, 0.5) is 24.1 Å². The van der Waals surface area contributed by atoms with Gasteiger partial charge >= 0.3 is 12.1 Å². The van der Waals surface area contributed by atoms with Gasteiger partial charge in [-0.1, -0.05) is 17.8 Å². The van der Waals surface area contributed by atoms with Crippen LogP contribution in [0.1, 0.15) is 37.6 Å². The molecule has 4 aromatic rings. The van der Waals surface area contributed by atoms with Gasteiger partial charge in [-0.3, -0.25) is 9.78 Å². The smallest absolute Gasteiger partial charge is 0.338 e. The molecule has 6 rings (SSSR count). The Hall–Kier alpha value is -4.76. The Morgan fingerprint density at radius 1 is 1.04 bits per heavy atom. The van der Waals surface area contributed by atoms with Crippen molar-refractivity contribution < 1.29 is 32.6 Å². The average Bonchev–Trinajstić information content (AvgIpc) is 3.46. The lowest BCUT2D eigenvalue weighted by atomic mass is 9.98. The number of rotatable bonds is 10. The van der Waals surface area contributed by atoms with Crippen molar-refractivity contribution >= 4 is 58.1 Å². The first-order valence-electron chi connectivity index (χ1n) is 16.5. The van der Waals surface area contributed by atoms with E-state index < -0.39 is 28.9 Å². The van der Waals surface area contributed by atoms with E-state index in [0.717, 1.165) is 62.4 Å². The summed E-state index contributed by atoms with van der Waals surface area (Å²) < 4.78 is 40.8. The van der Waals surface area contributed by atoms with Gasteiger partial charge in [0, 0.05) is 52.3 Å². The first-order chi connectivity index (χ1) is 24.6.